The normalized spacial score (nSPS) is 10.7. The van der Waals surface area contributed by atoms with Crippen molar-refractivity contribution in [2.24, 2.45) is 0 Å². The molecule has 0 radical (unpaired) electrons. The summed E-state index contributed by atoms with van der Waals surface area (Å²) in [4.78, 5) is 12.0. The molecule has 134 valence electrons. The first-order valence-corrected chi connectivity index (χ1v) is 9.56. The molecule has 1 heterocycles. The summed E-state index contributed by atoms with van der Waals surface area (Å²) in [5, 5.41) is 15.8. The number of hydrogen-bond acceptors (Lipinski definition) is 5. The zero-order valence-corrected chi connectivity index (χ0v) is 15.6. The molecule has 8 heteroatoms. The van der Waals surface area contributed by atoms with E-state index in [1.807, 2.05) is 30.3 Å². The van der Waals surface area contributed by atoms with Gasteiger partial charge in [0.1, 0.15) is 0 Å². The molecule has 0 aliphatic heterocycles. The number of nitrogens with one attached hydrogen (secondary N) is 1. The summed E-state index contributed by atoms with van der Waals surface area (Å²) < 4.78 is 1.59. The van der Waals surface area contributed by atoms with E-state index in [4.69, 9.17) is 11.6 Å². The molecule has 1 aromatic heterocycles. The number of tetrazole rings is 1. The van der Waals surface area contributed by atoms with E-state index in [2.05, 4.69) is 33.0 Å². The fraction of sp³-hybridized carbons (Fsp3) is 0.222. The minimum absolute atomic E-state index is 0.0336. The SMILES string of the molecule is O=C(CSc1nnnn1-c1ccc(Cl)cc1)NCCCc1ccccc1. The zero-order chi connectivity index (χ0) is 18.2. The molecule has 0 saturated heterocycles. The second-order valence-electron chi connectivity index (χ2n) is 5.58. The lowest BCUT2D eigenvalue weighted by Gasteiger charge is -2.06. The maximum atomic E-state index is 12.0. The average molecular weight is 388 g/mol. The molecule has 3 rings (SSSR count). The van der Waals surface area contributed by atoms with E-state index in [9.17, 15) is 4.79 Å². The number of carbonyl (C=O) groups is 1. The Kier molecular flexibility index (Phi) is 6.62. The third-order valence-corrected chi connectivity index (χ3v) is 4.82. The van der Waals surface area contributed by atoms with Crippen LogP contribution in [-0.2, 0) is 11.2 Å². The summed E-state index contributed by atoms with van der Waals surface area (Å²) in [7, 11) is 0. The fourth-order valence-electron chi connectivity index (χ4n) is 2.36. The number of hydrogen-bond donors (Lipinski definition) is 1. The minimum Gasteiger partial charge on any atom is -0.355 e. The predicted octanol–water partition coefficient (Wildman–Crippen LogP) is 3.16. The van der Waals surface area contributed by atoms with Crippen LogP contribution in [0, 0.1) is 0 Å². The highest BCUT2D eigenvalue weighted by atomic mass is 35.5. The number of thioether (sulfide) groups is 1. The summed E-state index contributed by atoms with van der Waals surface area (Å²) >= 11 is 7.19. The van der Waals surface area contributed by atoms with E-state index < -0.39 is 0 Å². The zero-order valence-electron chi connectivity index (χ0n) is 14.0. The number of benzene rings is 2. The largest absolute Gasteiger partial charge is 0.355 e. The first kappa shape index (κ1) is 18.4. The van der Waals surface area contributed by atoms with Gasteiger partial charge in [0.2, 0.25) is 11.1 Å². The first-order valence-electron chi connectivity index (χ1n) is 8.20. The van der Waals surface area contributed by atoms with Gasteiger partial charge in [-0.2, -0.15) is 4.68 Å². The quantitative estimate of drug-likeness (QED) is 0.474. The number of aromatic nitrogens is 4. The summed E-state index contributed by atoms with van der Waals surface area (Å²) in [5.41, 5.74) is 2.07. The van der Waals surface area contributed by atoms with Crippen LogP contribution >= 0.6 is 23.4 Å². The summed E-state index contributed by atoms with van der Waals surface area (Å²) in [5.74, 6) is 0.230. The molecule has 6 nitrogen and oxygen atoms in total. The Morgan fingerprint density at radius 1 is 1.12 bits per heavy atom. The molecule has 0 unspecified atom stereocenters. The fourth-order valence-corrected chi connectivity index (χ4v) is 3.21. The summed E-state index contributed by atoms with van der Waals surface area (Å²) in [6, 6.07) is 17.4. The van der Waals surface area contributed by atoms with Crippen molar-refractivity contribution in [2.75, 3.05) is 12.3 Å². The molecule has 0 atom stereocenters. The summed E-state index contributed by atoms with van der Waals surface area (Å²) in [6.07, 6.45) is 1.85. The van der Waals surface area contributed by atoms with Crippen LogP contribution < -0.4 is 5.32 Å². The third-order valence-electron chi connectivity index (χ3n) is 3.65. The topological polar surface area (TPSA) is 72.7 Å². The summed E-state index contributed by atoms with van der Waals surface area (Å²) in [6.45, 7) is 0.649. The van der Waals surface area contributed by atoms with E-state index in [1.165, 1.54) is 17.3 Å². The van der Waals surface area contributed by atoms with Crippen LogP contribution in [0.1, 0.15) is 12.0 Å². The molecule has 1 amide bonds. The minimum atomic E-state index is -0.0336. The Morgan fingerprint density at radius 2 is 1.88 bits per heavy atom. The maximum Gasteiger partial charge on any atom is 0.230 e. The van der Waals surface area contributed by atoms with E-state index in [0.717, 1.165) is 18.5 Å². The number of carbonyl (C=O) groups excluding carboxylic acids is 1. The molecule has 0 bridgehead atoms. The van der Waals surface area contributed by atoms with Gasteiger partial charge in [-0.3, -0.25) is 4.79 Å². The van der Waals surface area contributed by atoms with Gasteiger partial charge < -0.3 is 5.32 Å². The third kappa shape index (κ3) is 5.31. The highest BCUT2D eigenvalue weighted by Gasteiger charge is 2.11. The van der Waals surface area contributed by atoms with E-state index >= 15 is 0 Å². The Labute approximate surface area is 160 Å². The number of nitrogens with zero attached hydrogens (tertiary/aromatic N) is 4. The maximum absolute atomic E-state index is 12.0. The monoisotopic (exact) mass is 387 g/mol. The molecule has 0 aliphatic carbocycles. The molecule has 0 spiro atoms. The lowest BCUT2D eigenvalue weighted by Crippen LogP contribution is -2.26. The number of rotatable bonds is 8. The van der Waals surface area contributed by atoms with Crippen LogP contribution in [0.2, 0.25) is 5.02 Å². The Hall–Kier alpha value is -2.38. The van der Waals surface area contributed by atoms with E-state index in [1.54, 1.807) is 16.8 Å². The second-order valence-corrected chi connectivity index (χ2v) is 6.96. The average Bonchev–Trinajstić information content (AvgIpc) is 3.14. The van der Waals surface area contributed by atoms with Crippen LogP contribution in [0.25, 0.3) is 5.69 Å². The predicted molar refractivity (Wildman–Crippen MR) is 103 cm³/mol. The molecular weight excluding hydrogens is 370 g/mol. The van der Waals surface area contributed by atoms with Gasteiger partial charge in [-0.1, -0.05) is 53.7 Å². The Morgan fingerprint density at radius 3 is 2.65 bits per heavy atom. The van der Waals surface area contributed by atoms with Gasteiger partial charge in [-0.05, 0) is 53.1 Å². The highest BCUT2D eigenvalue weighted by Crippen LogP contribution is 2.19. The number of amides is 1. The van der Waals surface area contributed by atoms with Crippen LogP contribution in [0.4, 0.5) is 0 Å². The molecule has 26 heavy (non-hydrogen) atoms. The first-order chi connectivity index (χ1) is 12.7. The second kappa shape index (κ2) is 9.35. The Balaban J connectivity index is 1.43. The van der Waals surface area contributed by atoms with Gasteiger partial charge in [0, 0.05) is 11.6 Å². The van der Waals surface area contributed by atoms with Gasteiger partial charge in [0.05, 0.1) is 11.4 Å². The lowest BCUT2D eigenvalue weighted by molar-refractivity contribution is -0.118. The van der Waals surface area contributed by atoms with E-state index in [-0.39, 0.29) is 11.7 Å². The van der Waals surface area contributed by atoms with Crippen molar-refractivity contribution < 1.29 is 4.79 Å². The van der Waals surface area contributed by atoms with Crippen molar-refractivity contribution in [1.29, 1.82) is 0 Å². The highest BCUT2D eigenvalue weighted by molar-refractivity contribution is 7.99. The van der Waals surface area contributed by atoms with Crippen molar-refractivity contribution in [2.45, 2.75) is 18.0 Å². The molecule has 0 saturated carbocycles. The van der Waals surface area contributed by atoms with Gasteiger partial charge in [0.15, 0.2) is 0 Å². The van der Waals surface area contributed by atoms with Crippen LogP contribution in [0.5, 0.6) is 0 Å². The standard InChI is InChI=1S/C18H18ClN5OS/c19-15-8-10-16(11-9-15)24-18(21-22-23-24)26-13-17(25)20-12-4-7-14-5-2-1-3-6-14/h1-3,5-6,8-11H,4,7,12-13H2,(H,20,25). The number of halogens is 1. The van der Waals surface area contributed by atoms with Gasteiger partial charge in [-0.15, -0.1) is 5.10 Å². The van der Waals surface area contributed by atoms with Crippen molar-refractivity contribution in [3.63, 3.8) is 0 Å². The van der Waals surface area contributed by atoms with Crippen molar-refractivity contribution in [1.82, 2.24) is 25.5 Å². The Bertz CT molecular complexity index is 838. The number of aryl methyl sites for hydroxylation is 1. The van der Waals surface area contributed by atoms with E-state index in [0.29, 0.717) is 16.7 Å². The smallest absolute Gasteiger partial charge is 0.230 e. The van der Waals surface area contributed by atoms with Crippen LogP contribution in [0.3, 0.4) is 0 Å². The van der Waals surface area contributed by atoms with Crippen molar-refractivity contribution >= 4 is 29.3 Å². The van der Waals surface area contributed by atoms with Crippen molar-refractivity contribution in [3.8, 4) is 5.69 Å². The molecular formula is C18H18ClN5OS. The molecule has 0 aliphatic rings. The van der Waals surface area contributed by atoms with Gasteiger partial charge in [0.25, 0.3) is 0 Å². The molecule has 3 aromatic rings. The molecule has 2 aromatic carbocycles. The lowest BCUT2D eigenvalue weighted by atomic mass is 10.1. The van der Waals surface area contributed by atoms with Crippen LogP contribution in [-0.4, -0.2) is 38.4 Å². The van der Waals surface area contributed by atoms with Gasteiger partial charge >= 0.3 is 0 Å². The van der Waals surface area contributed by atoms with Crippen LogP contribution in [0.15, 0.2) is 59.8 Å². The molecule has 1 N–H and O–H groups in total. The van der Waals surface area contributed by atoms with Gasteiger partial charge in [-0.25, -0.2) is 0 Å². The molecule has 0 fully saturated rings. The van der Waals surface area contributed by atoms with Crippen molar-refractivity contribution in [3.05, 3.63) is 65.2 Å².